The average Bonchev–Trinajstić information content (AvgIpc) is 3.09. The van der Waals surface area contributed by atoms with Gasteiger partial charge in [0, 0.05) is 69.2 Å². The van der Waals surface area contributed by atoms with E-state index in [0.29, 0.717) is 6.04 Å². The molecule has 1 saturated carbocycles. The molecule has 1 aromatic rings. The molecule has 0 radical (unpaired) electrons. The van der Waals surface area contributed by atoms with Gasteiger partial charge in [0.15, 0.2) is 5.78 Å². The molecular weight excluding hydrogens is 366 g/mol. The second-order valence-electron chi connectivity index (χ2n) is 9.46. The van der Waals surface area contributed by atoms with Crippen LogP contribution in [0.15, 0.2) is 12.3 Å². The summed E-state index contributed by atoms with van der Waals surface area (Å²) < 4.78 is 13.4. The number of fused-ring (bicyclic) bond motifs is 1. The number of nitrogens with zero attached hydrogens (tertiary/aromatic N) is 3. The largest absolute Gasteiger partial charge is 0.384 e. The minimum Gasteiger partial charge on any atom is -0.384 e. The standard InChI is InChI=1S/C23H37N3O3/c1-18(27)19-12-22(24(2)14-19)15-25-7-5-20-13-21(26-8-10-29-11-9-26)4-6-23(20,16-25)17-28-3/h12,14,20-21H,4-11,13,15-17H2,1-3H3/t20-,21-,23+/m1/s1. The van der Waals surface area contributed by atoms with Gasteiger partial charge in [-0.15, -0.1) is 0 Å². The third-order valence-electron chi connectivity index (χ3n) is 7.62. The highest BCUT2D eigenvalue weighted by atomic mass is 16.5. The van der Waals surface area contributed by atoms with Crippen molar-refractivity contribution in [3.63, 3.8) is 0 Å². The van der Waals surface area contributed by atoms with Crippen LogP contribution in [0.25, 0.3) is 0 Å². The summed E-state index contributed by atoms with van der Waals surface area (Å²) in [4.78, 5) is 17.0. The van der Waals surface area contributed by atoms with Gasteiger partial charge < -0.3 is 14.0 Å². The van der Waals surface area contributed by atoms with Crippen LogP contribution in [0, 0.1) is 11.3 Å². The van der Waals surface area contributed by atoms with Gasteiger partial charge in [-0.1, -0.05) is 0 Å². The molecule has 6 nitrogen and oxygen atoms in total. The molecule has 3 atom stereocenters. The molecule has 2 aliphatic heterocycles. The number of morpholine rings is 1. The number of aromatic nitrogens is 1. The van der Waals surface area contributed by atoms with E-state index in [0.717, 1.165) is 64.0 Å². The molecule has 2 saturated heterocycles. The predicted molar refractivity (Wildman–Crippen MR) is 113 cm³/mol. The summed E-state index contributed by atoms with van der Waals surface area (Å²) in [5, 5.41) is 0. The molecule has 6 heteroatoms. The summed E-state index contributed by atoms with van der Waals surface area (Å²) in [5.74, 6) is 0.879. The zero-order chi connectivity index (χ0) is 20.4. The Morgan fingerprint density at radius 3 is 2.76 bits per heavy atom. The van der Waals surface area contributed by atoms with Gasteiger partial charge in [0.25, 0.3) is 0 Å². The van der Waals surface area contributed by atoms with Crippen molar-refractivity contribution in [1.29, 1.82) is 0 Å². The molecule has 3 aliphatic rings. The van der Waals surface area contributed by atoms with E-state index < -0.39 is 0 Å². The van der Waals surface area contributed by atoms with E-state index >= 15 is 0 Å². The summed E-state index contributed by atoms with van der Waals surface area (Å²) in [6, 6.07) is 2.78. The van der Waals surface area contributed by atoms with Crippen LogP contribution in [0.2, 0.25) is 0 Å². The van der Waals surface area contributed by atoms with E-state index in [4.69, 9.17) is 9.47 Å². The normalized spacial score (nSPS) is 31.6. The van der Waals surface area contributed by atoms with Crippen LogP contribution >= 0.6 is 0 Å². The first kappa shape index (κ1) is 21.0. The van der Waals surface area contributed by atoms with Crippen LogP contribution in [-0.2, 0) is 23.1 Å². The van der Waals surface area contributed by atoms with Gasteiger partial charge >= 0.3 is 0 Å². The maximum absolute atomic E-state index is 11.7. The molecule has 162 valence electrons. The van der Waals surface area contributed by atoms with Gasteiger partial charge in [0.2, 0.25) is 0 Å². The molecule has 0 bridgehead atoms. The highest BCUT2D eigenvalue weighted by molar-refractivity contribution is 5.94. The summed E-state index contributed by atoms with van der Waals surface area (Å²) in [6.07, 6.45) is 7.02. The lowest BCUT2D eigenvalue weighted by molar-refractivity contribution is -0.0873. The summed E-state index contributed by atoms with van der Waals surface area (Å²) in [7, 11) is 3.90. The minimum atomic E-state index is 0.142. The molecule has 0 unspecified atom stereocenters. The third kappa shape index (κ3) is 4.46. The molecule has 1 aromatic heterocycles. The Bertz CT molecular complexity index is 712. The number of rotatable bonds is 6. The Balaban J connectivity index is 1.43. The Kier molecular flexibility index (Phi) is 6.44. The van der Waals surface area contributed by atoms with Crippen molar-refractivity contribution < 1.29 is 14.3 Å². The molecule has 4 rings (SSSR count). The van der Waals surface area contributed by atoms with E-state index in [1.165, 1.54) is 31.4 Å². The van der Waals surface area contributed by atoms with Crippen molar-refractivity contribution in [3.8, 4) is 0 Å². The molecule has 1 aliphatic carbocycles. The topological polar surface area (TPSA) is 46.9 Å². The second kappa shape index (κ2) is 8.88. The first-order chi connectivity index (χ1) is 14.0. The Labute approximate surface area is 175 Å². The monoisotopic (exact) mass is 403 g/mol. The Hall–Kier alpha value is -1.21. The van der Waals surface area contributed by atoms with Gasteiger partial charge in [-0.25, -0.2) is 0 Å². The van der Waals surface area contributed by atoms with Gasteiger partial charge in [0.05, 0.1) is 19.8 Å². The quantitative estimate of drug-likeness (QED) is 0.683. The maximum atomic E-state index is 11.7. The lowest BCUT2D eigenvalue weighted by Crippen LogP contribution is -2.57. The summed E-state index contributed by atoms with van der Waals surface area (Å²) >= 11 is 0. The van der Waals surface area contributed by atoms with Crippen molar-refractivity contribution in [2.75, 3.05) is 53.1 Å². The smallest absolute Gasteiger partial charge is 0.161 e. The summed E-state index contributed by atoms with van der Waals surface area (Å²) in [6.45, 7) is 9.60. The highest BCUT2D eigenvalue weighted by Crippen LogP contribution is 2.48. The van der Waals surface area contributed by atoms with Crippen LogP contribution < -0.4 is 0 Å². The van der Waals surface area contributed by atoms with Crippen molar-refractivity contribution >= 4 is 5.78 Å². The predicted octanol–water partition coefficient (Wildman–Crippen LogP) is 2.57. The number of hydrogen-bond acceptors (Lipinski definition) is 5. The van der Waals surface area contributed by atoms with Crippen molar-refractivity contribution in [3.05, 3.63) is 23.5 Å². The molecular formula is C23H37N3O3. The first-order valence-electron chi connectivity index (χ1n) is 11.2. The number of likely N-dealkylation sites (tertiary alicyclic amines) is 1. The molecule has 3 fully saturated rings. The number of methoxy groups -OCH3 is 1. The second-order valence-corrected chi connectivity index (χ2v) is 9.46. The van der Waals surface area contributed by atoms with Crippen LogP contribution in [0.5, 0.6) is 0 Å². The molecule has 0 N–H and O–H groups in total. The van der Waals surface area contributed by atoms with E-state index in [-0.39, 0.29) is 11.2 Å². The van der Waals surface area contributed by atoms with Crippen molar-refractivity contribution in [2.45, 2.75) is 45.2 Å². The fraction of sp³-hybridized carbons (Fsp3) is 0.783. The Morgan fingerprint density at radius 2 is 2.07 bits per heavy atom. The highest BCUT2D eigenvalue weighted by Gasteiger charge is 2.48. The zero-order valence-corrected chi connectivity index (χ0v) is 18.4. The number of hydrogen-bond donors (Lipinski definition) is 0. The lowest BCUT2D eigenvalue weighted by Gasteiger charge is -2.54. The average molecular weight is 404 g/mol. The number of carbonyl (C=O) groups is 1. The van der Waals surface area contributed by atoms with Crippen LogP contribution in [0.3, 0.4) is 0 Å². The molecule has 0 amide bonds. The SMILES string of the molecule is COC[C@@]12CC[C@@H](N3CCOCC3)C[C@H]1CCN(Cc1cc(C(C)=O)cn1C)C2. The number of ether oxygens (including phenoxy) is 2. The van der Waals surface area contributed by atoms with Crippen LogP contribution in [0.1, 0.15) is 48.7 Å². The fourth-order valence-corrected chi connectivity index (χ4v) is 5.97. The van der Waals surface area contributed by atoms with Crippen molar-refractivity contribution in [2.24, 2.45) is 18.4 Å². The van der Waals surface area contributed by atoms with Crippen LogP contribution in [-0.4, -0.2) is 79.3 Å². The number of ketones is 1. The fourth-order valence-electron chi connectivity index (χ4n) is 5.97. The third-order valence-corrected chi connectivity index (χ3v) is 7.62. The van der Waals surface area contributed by atoms with E-state index in [2.05, 4.69) is 20.4 Å². The number of piperidine rings is 1. The zero-order valence-electron chi connectivity index (χ0n) is 18.4. The number of Topliss-reactive ketones (excluding diaryl/α,β-unsaturated/α-hetero) is 1. The summed E-state index contributed by atoms with van der Waals surface area (Å²) in [5.41, 5.74) is 2.31. The van der Waals surface area contributed by atoms with Gasteiger partial charge in [0.1, 0.15) is 0 Å². The minimum absolute atomic E-state index is 0.142. The Morgan fingerprint density at radius 1 is 1.28 bits per heavy atom. The lowest BCUT2D eigenvalue weighted by atomic mass is 9.62. The first-order valence-corrected chi connectivity index (χ1v) is 11.2. The molecule has 0 spiro atoms. The van der Waals surface area contributed by atoms with E-state index in [1.54, 1.807) is 6.92 Å². The maximum Gasteiger partial charge on any atom is 0.161 e. The van der Waals surface area contributed by atoms with Gasteiger partial charge in [-0.3, -0.25) is 14.6 Å². The van der Waals surface area contributed by atoms with Crippen LogP contribution in [0.4, 0.5) is 0 Å². The van der Waals surface area contributed by atoms with Crippen molar-refractivity contribution in [1.82, 2.24) is 14.4 Å². The van der Waals surface area contributed by atoms with Gasteiger partial charge in [-0.05, 0) is 51.1 Å². The molecule has 29 heavy (non-hydrogen) atoms. The van der Waals surface area contributed by atoms with E-state index in [1.807, 2.05) is 20.4 Å². The number of aryl methyl sites for hydroxylation is 1. The molecule has 0 aromatic carbocycles. The van der Waals surface area contributed by atoms with E-state index in [9.17, 15) is 4.79 Å². The number of carbonyl (C=O) groups excluding carboxylic acids is 1. The molecule has 3 heterocycles. The van der Waals surface area contributed by atoms with Gasteiger partial charge in [-0.2, -0.15) is 0 Å².